The minimum Gasteiger partial charge on any atom is -0.445 e. The maximum Gasteiger partial charge on any atom is 0.407 e. The molecule has 1 unspecified atom stereocenters. The number of fused-ring (bicyclic) bond motifs is 1. The summed E-state index contributed by atoms with van der Waals surface area (Å²) in [6.07, 6.45) is -0.382. The number of ketones is 1. The highest BCUT2D eigenvalue weighted by Crippen LogP contribution is 2.44. The van der Waals surface area contributed by atoms with Crippen molar-refractivity contribution in [1.29, 1.82) is 0 Å². The van der Waals surface area contributed by atoms with E-state index in [4.69, 9.17) is 19.9 Å². The second-order valence-electron chi connectivity index (χ2n) is 12.3. The molecule has 3 aromatic carbocycles. The number of alkyl carbamates (subject to hydrolysis) is 1. The minimum atomic E-state index is -1.25. The number of ether oxygens (including phenoxy) is 3. The van der Waals surface area contributed by atoms with Crippen molar-refractivity contribution in [2.45, 2.75) is 67.9 Å². The van der Waals surface area contributed by atoms with Crippen LogP contribution < -0.4 is 16.4 Å². The monoisotopic (exact) mass is 625 g/mol. The van der Waals surface area contributed by atoms with Gasteiger partial charge in [-0.3, -0.25) is 4.79 Å². The molecule has 2 aliphatic heterocycles. The highest BCUT2D eigenvalue weighted by molar-refractivity contribution is 6.06. The smallest absolute Gasteiger partial charge is 0.407 e. The predicted octanol–water partition coefficient (Wildman–Crippen LogP) is 3.71. The van der Waals surface area contributed by atoms with E-state index in [1.165, 1.54) is 0 Å². The molecule has 10 heteroatoms. The summed E-state index contributed by atoms with van der Waals surface area (Å²) in [7, 11) is 0. The van der Waals surface area contributed by atoms with Crippen LogP contribution in [0.1, 0.15) is 41.0 Å². The van der Waals surface area contributed by atoms with E-state index in [0.29, 0.717) is 38.0 Å². The second-order valence-corrected chi connectivity index (χ2v) is 12.3. The zero-order chi connectivity index (χ0) is 32.1. The number of nitrogens with one attached hydrogen (secondary N) is 2. The largest absolute Gasteiger partial charge is 0.445 e. The number of primary amides is 1. The van der Waals surface area contributed by atoms with Gasteiger partial charge in [0.15, 0.2) is 5.78 Å². The van der Waals surface area contributed by atoms with Crippen molar-refractivity contribution in [2.75, 3.05) is 13.2 Å². The first-order valence-corrected chi connectivity index (χ1v) is 15.7. The fraction of sp³-hybridized carbons (Fsp3) is 0.361. The molecule has 3 aromatic rings. The normalized spacial score (nSPS) is 24.8. The van der Waals surface area contributed by atoms with Gasteiger partial charge in [0, 0.05) is 37.5 Å². The van der Waals surface area contributed by atoms with Crippen molar-refractivity contribution in [3.05, 3.63) is 119 Å². The Balaban J connectivity index is 1.29. The van der Waals surface area contributed by atoms with Crippen molar-refractivity contribution in [3.8, 4) is 0 Å². The Kier molecular flexibility index (Phi) is 9.37. The van der Waals surface area contributed by atoms with Gasteiger partial charge in [0.2, 0.25) is 0 Å². The van der Waals surface area contributed by atoms with Gasteiger partial charge in [-0.05, 0) is 28.7 Å². The molecule has 10 nitrogen and oxygen atoms in total. The topological polar surface area (TPSA) is 149 Å². The molecule has 46 heavy (non-hydrogen) atoms. The van der Waals surface area contributed by atoms with E-state index in [9.17, 15) is 19.5 Å². The number of Topliss-reactive ketones (excluding diaryl/α,β-unsaturated/α-hetero) is 1. The van der Waals surface area contributed by atoms with Crippen molar-refractivity contribution in [1.82, 2.24) is 10.6 Å². The maximum atomic E-state index is 14.7. The van der Waals surface area contributed by atoms with Gasteiger partial charge in [-0.2, -0.15) is 0 Å². The molecule has 1 fully saturated rings. The summed E-state index contributed by atoms with van der Waals surface area (Å²) < 4.78 is 16.4. The summed E-state index contributed by atoms with van der Waals surface area (Å²) in [6.45, 7) is 0.854. The average molecular weight is 626 g/mol. The first-order chi connectivity index (χ1) is 22.3. The van der Waals surface area contributed by atoms with Crippen molar-refractivity contribution < 1.29 is 33.7 Å². The van der Waals surface area contributed by atoms with E-state index >= 15 is 0 Å². The Morgan fingerprint density at radius 3 is 2.39 bits per heavy atom. The first kappa shape index (κ1) is 31.3. The molecule has 6 atom stereocenters. The summed E-state index contributed by atoms with van der Waals surface area (Å²) >= 11 is 0. The van der Waals surface area contributed by atoms with Gasteiger partial charge in [-0.1, -0.05) is 84.9 Å². The molecule has 0 spiro atoms. The van der Waals surface area contributed by atoms with Gasteiger partial charge in [0.1, 0.15) is 17.7 Å². The molecule has 0 aromatic heterocycles. The van der Waals surface area contributed by atoms with Crippen LogP contribution in [0, 0.1) is 0 Å². The van der Waals surface area contributed by atoms with Crippen LogP contribution in [0.25, 0.3) is 0 Å². The molecule has 2 amide bonds. The van der Waals surface area contributed by atoms with E-state index in [0.717, 1.165) is 22.3 Å². The molecule has 3 aliphatic rings. The lowest BCUT2D eigenvalue weighted by Gasteiger charge is -2.35. The van der Waals surface area contributed by atoms with Crippen molar-refractivity contribution >= 4 is 18.0 Å². The summed E-state index contributed by atoms with van der Waals surface area (Å²) in [4.78, 5) is 39.6. The number of amides is 2. The second kappa shape index (κ2) is 13.8. The van der Waals surface area contributed by atoms with E-state index in [-0.39, 0.29) is 24.7 Å². The third-order valence-corrected chi connectivity index (χ3v) is 9.12. The van der Waals surface area contributed by atoms with E-state index in [1.54, 1.807) is 6.20 Å². The lowest BCUT2D eigenvalue weighted by molar-refractivity contribution is -0.122. The first-order valence-electron chi connectivity index (χ1n) is 15.7. The molecule has 0 saturated carbocycles. The van der Waals surface area contributed by atoms with Crippen LogP contribution in [0.5, 0.6) is 0 Å². The maximum absolute atomic E-state index is 14.7. The highest BCUT2D eigenvalue weighted by atomic mass is 16.6. The Bertz CT molecular complexity index is 1570. The number of carbonyl (C=O) groups excluding carboxylic acids is 3. The molecule has 0 bridgehead atoms. The zero-order valence-corrected chi connectivity index (χ0v) is 25.5. The number of nitrogens with two attached hydrogens (primary N) is 1. The van der Waals surface area contributed by atoms with Gasteiger partial charge in [-0.25, -0.2) is 9.59 Å². The predicted molar refractivity (Wildman–Crippen MR) is 170 cm³/mol. The molecular formula is C36H39N3O7. The lowest BCUT2D eigenvalue weighted by atomic mass is 9.76. The van der Waals surface area contributed by atoms with Crippen molar-refractivity contribution in [2.24, 2.45) is 5.73 Å². The van der Waals surface area contributed by atoms with Gasteiger partial charge >= 0.3 is 12.2 Å². The third-order valence-electron chi connectivity index (χ3n) is 9.12. The Labute approximate surface area is 267 Å². The number of aliphatic hydroxyl groups is 1. The Morgan fingerprint density at radius 1 is 1.00 bits per heavy atom. The molecule has 240 valence electrons. The summed E-state index contributed by atoms with van der Waals surface area (Å²) in [5.74, 6) is -0.736. The molecule has 0 radical (unpaired) electrons. The molecule has 2 heterocycles. The van der Waals surface area contributed by atoms with Crippen LogP contribution in [-0.2, 0) is 38.3 Å². The molecular weight excluding hydrogens is 586 g/mol. The molecule has 1 saturated heterocycles. The number of benzene rings is 3. The fourth-order valence-electron chi connectivity index (χ4n) is 6.93. The van der Waals surface area contributed by atoms with Gasteiger partial charge in [-0.15, -0.1) is 0 Å². The van der Waals surface area contributed by atoms with Crippen LogP contribution in [0.4, 0.5) is 9.59 Å². The summed E-state index contributed by atoms with van der Waals surface area (Å²) in [5, 5.41) is 18.1. The van der Waals surface area contributed by atoms with Crippen LogP contribution in [-0.4, -0.2) is 66.2 Å². The SMILES string of the molecule is NC(=O)O[C@@H]1Cc2ccccc2[C@@H]1C1=CN[C@@](Cc2ccccc2)(C[C@H](O)[C@H](Cc2ccccc2)NC(=O)OC2CCOC2)C1=O. The average Bonchev–Trinajstić information content (AvgIpc) is 3.76. The Hall–Kier alpha value is -4.67. The number of carbonyl (C=O) groups is 3. The number of aliphatic hydroxyl groups excluding tert-OH is 1. The van der Waals surface area contributed by atoms with Gasteiger partial charge in [0.05, 0.1) is 31.3 Å². The quantitative estimate of drug-likeness (QED) is 0.252. The zero-order valence-electron chi connectivity index (χ0n) is 25.5. The van der Waals surface area contributed by atoms with Crippen LogP contribution in [0.2, 0.25) is 0 Å². The highest BCUT2D eigenvalue weighted by Gasteiger charge is 2.51. The minimum absolute atomic E-state index is 0.0131. The van der Waals surface area contributed by atoms with Crippen LogP contribution in [0.15, 0.2) is 96.7 Å². The summed E-state index contributed by atoms with van der Waals surface area (Å²) in [6, 6.07) is 26.0. The summed E-state index contributed by atoms with van der Waals surface area (Å²) in [5.41, 5.74) is 8.33. The molecule has 1 aliphatic carbocycles. The van der Waals surface area contributed by atoms with Crippen LogP contribution in [0.3, 0.4) is 0 Å². The number of hydrogen-bond acceptors (Lipinski definition) is 8. The van der Waals surface area contributed by atoms with Crippen molar-refractivity contribution in [3.63, 3.8) is 0 Å². The van der Waals surface area contributed by atoms with E-state index in [1.807, 2.05) is 84.9 Å². The third kappa shape index (κ3) is 6.93. The van der Waals surface area contributed by atoms with E-state index < -0.39 is 41.9 Å². The molecule has 5 N–H and O–H groups in total. The van der Waals surface area contributed by atoms with Gasteiger partial charge < -0.3 is 35.7 Å². The number of rotatable bonds is 11. The number of hydrogen-bond donors (Lipinski definition) is 4. The van der Waals surface area contributed by atoms with Gasteiger partial charge in [0.25, 0.3) is 0 Å². The van der Waals surface area contributed by atoms with E-state index in [2.05, 4.69) is 10.6 Å². The lowest BCUT2D eigenvalue weighted by Crippen LogP contribution is -2.55. The van der Waals surface area contributed by atoms with Crippen LogP contribution >= 0.6 is 0 Å². The molecule has 6 rings (SSSR count). The Morgan fingerprint density at radius 2 is 1.70 bits per heavy atom. The fourth-order valence-corrected chi connectivity index (χ4v) is 6.93. The standard InChI is InChI=1S/C36H39N3O7/c37-34(42)46-31-18-25-13-7-8-14-27(25)32(31)28-21-38-36(33(28)41,19-24-11-5-2-6-12-24)20-30(40)29(17-23-9-3-1-4-10-23)39-35(43)45-26-15-16-44-22-26/h1-14,21,26,29-32,38,40H,15-20,22H2,(H2,37,42)(H,39,43)/t26?,29-,30-,31+,32+,36-/m0/s1.